The Balaban J connectivity index is 0.00000113. The van der Waals surface area contributed by atoms with Crippen LogP contribution in [-0.4, -0.2) is 42.4 Å². The standard InChI is InChI=1S/C17H23N5OS.C4H8O.C2H6/c1-5-7-12(4)18-9-19-15-13(8-23)24-17-14(15)16(20-10-21-17)22-11(3)6-2;1-3-4-5-2;1-2/h7-11H,5-6H2,1-4H3,(H,18,19)(H,20,21,22);3H,1,4H2,2H3;1-2H3/b12-7+;;. The smallest absolute Gasteiger partial charge is 0.162 e. The highest BCUT2D eigenvalue weighted by molar-refractivity contribution is 7.21. The minimum absolute atomic E-state index is 0.271. The lowest BCUT2D eigenvalue weighted by atomic mass is 10.2. The fourth-order valence-corrected chi connectivity index (χ4v) is 3.17. The first kappa shape index (κ1) is 28.4. The molecule has 1 unspecified atom stereocenters. The van der Waals surface area contributed by atoms with Gasteiger partial charge in [0.1, 0.15) is 17.0 Å². The molecule has 0 amide bonds. The van der Waals surface area contributed by atoms with E-state index < -0.39 is 0 Å². The fourth-order valence-electron chi connectivity index (χ4n) is 2.27. The predicted molar refractivity (Wildman–Crippen MR) is 135 cm³/mol. The van der Waals surface area contributed by atoms with Gasteiger partial charge in [0.15, 0.2) is 6.29 Å². The van der Waals surface area contributed by atoms with E-state index >= 15 is 0 Å². The second kappa shape index (κ2) is 17.1. The average molecular weight is 448 g/mol. The number of allylic oxidation sites excluding steroid dienone is 2. The number of nitrogens with one attached hydrogen (secondary N) is 2. The summed E-state index contributed by atoms with van der Waals surface area (Å²) in [4.78, 5) is 25.8. The van der Waals surface area contributed by atoms with Crippen molar-refractivity contribution in [2.45, 2.75) is 60.4 Å². The Bertz CT molecular complexity index is 846. The molecule has 0 bridgehead atoms. The van der Waals surface area contributed by atoms with Crippen molar-refractivity contribution in [3.63, 3.8) is 0 Å². The molecule has 172 valence electrons. The highest BCUT2D eigenvalue weighted by atomic mass is 32.1. The number of anilines is 1. The number of aromatic nitrogens is 2. The van der Waals surface area contributed by atoms with E-state index in [4.69, 9.17) is 0 Å². The van der Waals surface area contributed by atoms with Crippen molar-refractivity contribution < 1.29 is 9.53 Å². The number of fused-ring (bicyclic) bond motifs is 1. The Morgan fingerprint density at radius 3 is 2.58 bits per heavy atom. The Morgan fingerprint density at radius 2 is 2.06 bits per heavy atom. The molecule has 8 heteroatoms. The van der Waals surface area contributed by atoms with Crippen molar-refractivity contribution in [3.05, 3.63) is 35.6 Å². The molecule has 0 aliphatic heterocycles. The van der Waals surface area contributed by atoms with Crippen molar-refractivity contribution in [2.75, 3.05) is 19.0 Å². The highest BCUT2D eigenvalue weighted by Gasteiger charge is 2.17. The number of hydrogen-bond donors (Lipinski definition) is 2. The summed E-state index contributed by atoms with van der Waals surface area (Å²) in [5.74, 6) is 0.715. The van der Waals surface area contributed by atoms with Crippen molar-refractivity contribution >= 4 is 45.7 Å². The van der Waals surface area contributed by atoms with Crippen LogP contribution in [0.25, 0.3) is 10.2 Å². The lowest BCUT2D eigenvalue weighted by Gasteiger charge is -2.12. The zero-order chi connectivity index (χ0) is 23.6. The van der Waals surface area contributed by atoms with Crippen molar-refractivity contribution in [2.24, 2.45) is 4.99 Å². The quantitative estimate of drug-likeness (QED) is 0.197. The summed E-state index contributed by atoms with van der Waals surface area (Å²) in [6.07, 6.45) is 9.63. The summed E-state index contributed by atoms with van der Waals surface area (Å²) in [5.41, 5.74) is 1.62. The van der Waals surface area contributed by atoms with Gasteiger partial charge >= 0.3 is 0 Å². The third-order valence-corrected chi connectivity index (χ3v) is 4.88. The number of carbonyl (C=O) groups excluding carboxylic acids is 1. The van der Waals surface area contributed by atoms with Gasteiger partial charge in [-0.15, -0.1) is 17.9 Å². The van der Waals surface area contributed by atoms with E-state index in [0.29, 0.717) is 23.0 Å². The molecular weight excluding hydrogens is 410 g/mol. The molecule has 0 saturated carbocycles. The number of rotatable bonds is 10. The van der Waals surface area contributed by atoms with Crippen LogP contribution >= 0.6 is 11.3 Å². The topological polar surface area (TPSA) is 88.5 Å². The third kappa shape index (κ3) is 9.85. The van der Waals surface area contributed by atoms with Crippen LogP contribution in [0.1, 0.15) is 64.1 Å². The third-order valence-electron chi connectivity index (χ3n) is 3.87. The van der Waals surface area contributed by atoms with Crippen LogP contribution in [0, 0.1) is 0 Å². The van der Waals surface area contributed by atoms with E-state index in [1.54, 1.807) is 19.5 Å². The summed E-state index contributed by atoms with van der Waals surface area (Å²) in [7, 11) is 1.64. The largest absolute Gasteiger partial charge is 0.381 e. The molecule has 0 aromatic carbocycles. The lowest BCUT2D eigenvalue weighted by molar-refractivity contribution is 0.112. The molecule has 2 heterocycles. The maximum atomic E-state index is 11.4. The van der Waals surface area contributed by atoms with Gasteiger partial charge in [-0.1, -0.05) is 39.8 Å². The fraction of sp³-hybridized carbons (Fsp3) is 0.478. The van der Waals surface area contributed by atoms with Gasteiger partial charge in [0, 0.05) is 18.8 Å². The average Bonchev–Trinajstić information content (AvgIpc) is 3.15. The molecule has 7 nitrogen and oxygen atoms in total. The highest BCUT2D eigenvalue weighted by Crippen LogP contribution is 2.39. The number of aldehydes is 1. The normalized spacial score (nSPS) is 11.8. The molecule has 0 aliphatic carbocycles. The Kier molecular flexibility index (Phi) is 15.7. The molecule has 1 atom stereocenters. The second-order valence-corrected chi connectivity index (χ2v) is 7.26. The van der Waals surface area contributed by atoms with E-state index in [2.05, 4.69) is 63.8 Å². The van der Waals surface area contributed by atoms with Crippen molar-refractivity contribution in [1.29, 1.82) is 0 Å². The van der Waals surface area contributed by atoms with Gasteiger partial charge in [-0.25, -0.2) is 15.0 Å². The Morgan fingerprint density at radius 1 is 1.35 bits per heavy atom. The molecule has 0 aliphatic rings. The van der Waals surface area contributed by atoms with Gasteiger partial charge in [-0.2, -0.15) is 0 Å². The number of methoxy groups -OCH3 is 1. The zero-order valence-electron chi connectivity index (χ0n) is 19.9. The van der Waals surface area contributed by atoms with E-state index in [-0.39, 0.29) is 6.04 Å². The Labute approximate surface area is 190 Å². The summed E-state index contributed by atoms with van der Waals surface area (Å²) >= 11 is 1.33. The SMILES string of the molecule is C=CCOC.CC.CC/C=C(\C)NC=Nc1c(C=O)sc2ncnc(NC(C)CC)c12. The van der Waals surface area contributed by atoms with Crippen LogP contribution in [-0.2, 0) is 4.74 Å². The van der Waals surface area contributed by atoms with Crippen molar-refractivity contribution in [1.82, 2.24) is 15.3 Å². The monoisotopic (exact) mass is 447 g/mol. The number of ether oxygens (including phenoxy) is 1. The van der Waals surface area contributed by atoms with Crippen LogP contribution in [0.15, 0.2) is 35.7 Å². The summed E-state index contributed by atoms with van der Waals surface area (Å²) in [6, 6.07) is 0.271. The number of thiophene rings is 1. The van der Waals surface area contributed by atoms with Gasteiger partial charge in [0.2, 0.25) is 0 Å². The molecule has 2 rings (SSSR count). The first-order chi connectivity index (χ1) is 15.0. The first-order valence-electron chi connectivity index (χ1n) is 10.6. The van der Waals surface area contributed by atoms with Crippen molar-refractivity contribution in [3.8, 4) is 0 Å². The van der Waals surface area contributed by atoms with Crippen LogP contribution in [0.5, 0.6) is 0 Å². The van der Waals surface area contributed by atoms with E-state index in [1.807, 2.05) is 20.8 Å². The van der Waals surface area contributed by atoms with Gasteiger partial charge in [0.25, 0.3) is 0 Å². The molecule has 0 radical (unpaired) electrons. The number of carbonyl (C=O) groups is 1. The second-order valence-electron chi connectivity index (χ2n) is 6.23. The maximum Gasteiger partial charge on any atom is 0.162 e. The predicted octanol–water partition coefficient (Wildman–Crippen LogP) is 6.12. The molecule has 31 heavy (non-hydrogen) atoms. The van der Waals surface area contributed by atoms with Crippen LogP contribution < -0.4 is 10.6 Å². The molecule has 0 fully saturated rings. The van der Waals surface area contributed by atoms with Gasteiger partial charge < -0.3 is 15.4 Å². The summed E-state index contributed by atoms with van der Waals surface area (Å²) in [5, 5.41) is 7.26. The summed E-state index contributed by atoms with van der Waals surface area (Å²) < 4.78 is 4.57. The maximum absolute atomic E-state index is 11.4. The van der Waals surface area contributed by atoms with E-state index in [9.17, 15) is 4.79 Å². The molecule has 0 spiro atoms. The molecule has 2 N–H and O–H groups in total. The zero-order valence-corrected chi connectivity index (χ0v) is 20.7. The molecule has 2 aromatic heterocycles. The van der Waals surface area contributed by atoms with Crippen LogP contribution in [0.2, 0.25) is 0 Å². The molecular formula is C23H37N5O2S. The number of aliphatic imine (C=N–C) groups is 1. The van der Waals surface area contributed by atoms with Gasteiger partial charge in [0.05, 0.1) is 28.9 Å². The minimum atomic E-state index is 0.271. The van der Waals surface area contributed by atoms with Gasteiger partial charge in [-0.3, -0.25) is 4.79 Å². The lowest BCUT2D eigenvalue weighted by Crippen LogP contribution is -2.14. The van der Waals surface area contributed by atoms with E-state index in [1.165, 1.54) is 17.7 Å². The number of nitrogens with zero attached hydrogens (tertiary/aromatic N) is 3. The number of hydrogen-bond acceptors (Lipinski definition) is 7. The first-order valence-corrected chi connectivity index (χ1v) is 11.4. The minimum Gasteiger partial charge on any atom is -0.381 e. The molecule has 2 aromatic rings. The summed E-state index contributed by atoms with van der Waals surface area (Å²) in [6.45, 7) is 16.3. The van der Waals surface area contributed by atoms with Crippen LogP contribution in [0.4, 0.5) is 11.5 Å². The van der Waals surface area contributed by atoms with Crippen LogP contribution in [0.3, 0.4) is 0 Å². The van der Waals surface area contributed by atoms with Gasteiger partial charge in [-0.05, 0) is 26.7 Å². The van der Waals surface area contributed by atoms with E-state index in [0.717, 1.165) is 35.0 Å². The Hall–Kier alpha value is -2.58. The molecule has 0 saturated heterocycles.